The number of rotatable bonds is 2. The van der Waals surface area contributed by atoms with Crippen LogP contribution in [-0.2, 0) is 6.54 Å². The van der Waals surface area contributed by atoms with Crippen molar-refractivity contribution in [1.82, 2.24) is 20.4 Å². The third-order valence-electron chi connectivity index (χ3n) is 2.03. The average Bonchev–Trinajstić information content (AvgIpc) is 2.71. The van der Waals surface area contributed by atoms with Crippen molar-refractivity contribution in [2.24, 2.45) is 5.73 Å². The molecule has 0 radical (unpaired) electrons. The number of nitrogens with zero attached hydrogens (tertiary/aromatic N) is 2. The van der Waals surface area contributed by atoms with E-state index in [1.54, 1.807) is 6.20 Å². The van der Waals surface area contributed by atoms with Gasteiger partial charge in [0, 0.05) is 12.2 Å². The minimum atomic E-state index is 0.542. The van der Waals surface area contributed by atoms with Crippen molar-refractivity contribution < 1.29 is 0 Å². The van der Waals surface area contributed by atoms with Crippen LogP contribution in [0, 0.1) is 6.92 Å². The van der Waals surface area contributed by atoms with Gasteiger partial charge in [-0.25, -0.2) is 0 Å². The lowest BCUT2D eigenvalue weighted by atomic mass is 10.2. The van der Waals surface area contributed by atoms with Crippen LogP contribution in [0.5, 0.6) is 0 Å². The van der Waals surface area contributed by atoms with E-state index in [4.69, 9.17) is 5.73 Å². The van der Waals surface area contributed by atoms with Crippen molar-refractivity contribution in [3.05, 3.63) is 23.5 Å². The zero-order chi connectivity index (χ0) is 9.26. The van der Waals surface area contributed by atoms with E-state index in [-0.39, 0.29) is 0 Å². The lowest BCUT2D eigenvalue weighted by Crippen LogP contribution is -1.95. The lowest BCUT2D eigenvalue weighted by Gasteiger charge is -1.89. The molecule has 0 unspecified atom stereocenters. The van der Waals surface area contributed by atoms with Crippen LogP contribution >= 0.6 is 0 Å². The van der Waals surface area contributed by atoms with E-state index in [0.717, 1.165) is 22.6 Å². The molecule has 0 atom stereocenters. The first kappa shape index (κ1) is 8.00. The summed E-state index contributed by atoms with van der Waals surface area (Å²) in [6.07, 6.45) is 1.67. The highest BCUT2D eigenvalue weighted by Crippen LogP contribution is 2.17. The van der Waals surface area contributed by atoms with Gasteiger partial charge in [0.2, 0.25) is 0 Å². The maximum absolute atomic E-state index is 5.55. The molecule has 2 aromatic rings. The van der Waals surface area contributed by atoms with Gasteiger partial charge in [-0.15, -0.1) is 0 Å². The summed E-state index contributed by atoms with van der Waals surface area (Å²) in [7, 11) is 0. The summed E-state index contributed by atoms with van der Waals surface area (Å²) in [6.45, 7) is 2.53. The van der Waals surface area contributed by atoms with Crippen LogP contribution in [0.4, 0.5) is 0 Å². The Labute approximate surface area is 75.4 Å². The van der Waals surface area contributed by atoms with Crippen molar-refractivity contribution in [1.29, 1.82) is 0 Å². The fourth-order valence-corrected chi connectivity index (χ4v) is 1.28. The molecule has 0 fully saturated rings. The number of aromatic amines is 2. The van der Waals surface area contributed by atoms with Crippen LogP contribution in [0.2, 0.25) is 0 Å². The molecule has 0 aromatic carbocycles. The predicted octanol–water partition coefficient (Wildman–Crippen LogP) is 0.567. The molecular weight excluding hydrogens is 166 g/mol. The fourth-order valence-electron chi connectivity index (χ4n) is 1.28. The molecule has 2 heterocycles. The molecule has 0 aliphatic heterocycles. The van der Waals surface area contributed by atoms with Crippen molar-refractivity contribution in [2.45, 2.75) is 13.5 Å². The van der Waals surface area contributed by atoms with Gasteiger partial charge in [0.05, 0.1) is 11.9 Å². The van der Waals surface area contributed by atoms with Crippen LogP contribution in [-0.4, -0.2) is 20.4 Å². The zero-order valence-electron chi connectivity index (χ0n) is 7.33. The predicted molar refractivity (Wildman–Crippen MR) is 48.8 cm³/mol. The minimum absolute atomic E-state index is 0.542. The van der Waals surface area contributed by atoms with Gasteiger partial charge in [0.25, 0.3) is 0 Å². The first-order valence-electron chi connectivity index (χ1n) is 4.06. The normalized spacial score (nSPS) is 10.6. The average molecular weight is 177 g/mol. The van der Waals surface area contributed by atoms with Gasteiger partial charge in [0.1, 0.15) is 5.69 Å². The van der Waals surface area contributed by atoms with E-state index in [2.05, 4.69) is 20.4 Å². The molecular formula is C8H11N5. The van der Waals surface area contributed by atoms with Crippen molar-refractivity contribution in [3.8, 4) is 11.4 Å². The van der Waals surface area contributed by atoms with E-state index >= 15 is 0 Å². The number of hydrogen-bond acceptors (Lipinski definition) is 3. The lowest BCUT2D eigenvalue weighted by molar-refractivity contribution is 0.941. The number of aromatic nitrogens is 4. The molecule has 0 bridgehead atoms. The smallest absolute Gasteiger partial charge is 0.128 e. The number of aryl methyl sites for hydroxylation is 1. The third-order valence-corrected chi connectivity index (χ3v) is 2.03. The topological polar surface area (TPSA) is 83.4 Å². The van der Waals surface area contributed by atoms with Gasteiger partial charge in [-0.1, -0.05) is 0 Å². The summed E-state index contributed by atoms with van der Waals surface area (Å²) in [5.41, 5.74) is 9.51. The second-order valence-corrected chi connectivity index (χ2v) is 2.89. The minimum Gasteiger partial charge on any atom is -0.357 e. The van der Waals surface area contributed by atoms with Gasteiger partial charge >= 0.3 is 0 Å². The van der Waals surface area contributed by atoms with E-state index in [1.807, 2.05) is 13.0 Å². The van der Waals surface area contributed by atoms with Crippen LogP contribution in [0.25, 0.3) is 11.4 Å². The molecule has 5 nitrogen and oxygen atoms in total. The van der Waals surface area contributed by atoms with Crippen molar-refractivity contribution in [2.75, 3.05) is 0 Å². The molecule has 5 heteroatoms. The molecule has 0 saturated carbocycles. The Hall–Kier alpha value is -1.62. The van der Waals surface area contributed by atoms with E-state index in [1.165, 1.54) is 0 Å². The van der Waals surface area contributed by atoms with Gasteiger partial charge < -0.3 is 10.7 Å². The zero-order valence-corrected chi connectivity index (χ0v) is 7.33. The van der Waals surface area contributed by atoms with Gasteiger partial charge in [0.15, 0.2) is 0 Å². The molecule has 68 valence electrons. The standard InChI is InChI=1S/C8H11N5/c1-5-6(3-9)2-7(11-5)8-4-10-13-12-8/h2,4,11H,3,9H2,1H3,(H,10,12,13). The Kier molecular flexibility index (Phi) is 1.86. The quantitative estimate of drug-likeness (QED) is 0.627. The van der Waals surface area contributed by atoms with E-state index < -0.39 is 0 Å². The maximum atomic E-state index is 5.55. The molecule has 2 aromatic heterocycles. The molecule has 4 N–H and O–H groups in total. The number of H-pyrrole nitrogens is 2. The van der Waals surface area contributed by atoms with Gasteiger partial charge in [-0.3, -0.25) is 0 Å². The van der Waals surface area contributed by atoms with Crippen LogP contribution in [0.3, 0.4) is 0 Å². The van der Waals surface area contributed by atoms with E-state index in [0.29, 0.717) is 6.54 Å². The second kappa shape index (κ2) is 3.02. The Morgan fingerprint density at radius 1 is 1.54 bits per heavy atom. The molecule has 0 spiro atoms. The van der Waals surface area contributed by atoms with Crippen LogP contribution in [0.15, 0.2) is 12.3 Å². The van der Waals surface area contributed by atoms with Gasteiger partial charge in [-0.05, 0) is 18.6 Å². The fraction of sp³-hybridized carbons (Fsp3) is 0.250. The third kappa shape index (κ3) is 1.33. The van der Waals surface area contributed by atoms with Crippen LogP contribution in [0.1, 0.15) is 11.3 Å². The van der Waals surface area contributed by atoms with E-state index in [9.17, 15) is 0 Å². The number of nitrogens with one attached hydrogen (secondary N) is 2. The Balaban J connectivity index is 2.43. The summed E-state index contributed by atoms with van der Waals surface area (Å²) in [4.78, 5) is 3.20. The highest BCUT2D eigenvalue weighted by atomic mass is 15.3. The van der Waals surface area contributed by atoms with Crippen molar-refractivity contribution >= 4 is 0 Å². The largest absolute Gasteiger partial charge is 0.357 e. The molecule has 2 rings (SSSR count). The monoisotopic (exact) mass is 177 g/mol. The summed E-state index contributed by atoms with van der Waals surface area (Å²) in [5.74, 6) is 0. The summed E-state index contributed by atoms with van der Waals surface area (Å²) < 4.78 is 0. The first-order valence-corrected chi connectivity index (χ1v) is 4.06. The second-order valence-electron chi connectivity index (χ2n) is 2.89. The Morgan fingerprint density at radius 3 is 2.92 bits per heavy atom. The summed E-state index contributed by atoms with van der Waals surface area (Å²) in [5, 5.41) is 10.3. The number of nitrogens with two attached hydrogens (primary N) is 1. The Bertz CT molecular complexity index is 387. The molecule has 0 amide bonds. The highest BCUT2D eigenvalue weighted by molar-refractivity contribution is 5.55. The SMILES string of the molecule is Cc1[nH]c(-c2cn[nH]n2)cc1CN. The number of hydrogen-bond donors (Lipinski definition) is 3. The first-order chi connectivity index (χ1) is 6.31. The maximum Gasteiger partial charge on any atom is 0.128 e. The Morgan fingerprint density at radius 2 is 2.38 bits per heavy atom. The van der Waals surface area contributed by atoms with Gasteiger partial charge in [-0.2, -0.15) is 15.4 Å². The molecule has 13 heavy (non-hydrogen) atoms. The highest BCUT2D eigenvalue weighted by Gasteiger charge is 2.06. The molecule has 0 saturated heterocycles. The summed E-state index contributed by atoms with van der Waals surface area (Å²) >= 11 is 0. The molecule has 0 aliphatic rings. The molecule has 0 aliphatic carbocycles. The van der Waals surface area contributed by atoms with Crippen molar-refractivity contribution in [3.63, 3.8) is 0 Å². The van der Waals surface area contributed by atoms with Crippen LogP contribution < -0.4 is 5.73 Å². The summed E-state index contributed by atoms with van der Waals surface area (Å²) in [6, 6.07) is 1.99.